The van der Waals surface area contributed by atoms with Crippen molar-refractivity contribution in [3.8, 4) is 5.75 Å². The second kappa shape index (κ2) is 4.35. The van der Waals surface area contributed by atoms with Crippen LogP contribution >= 0.6 is 0 Å². The third kappa shape index (κ3) is 2.05. The molecule has 0 aliphatic carbocycles. The lowest BCUT2D eigenvalue weighted by atomic mass is 10.1. The molecule has 1 heterocycles. The summed E-state index contributed by atoms with van der Waals surface area (Å²) < 4.78 is 12.8. The molecule has 0 saturated carbocycles. The van der Waals surface area contributed by atoms with E-state index in [1.54, 1.807) is 4.90 Å². The summed E-state index contributed by atoms with van der Waals surface area (Å²) in [6, 6.07) is 3.44. The van der Waals surface area contributed by atoms with Gasteiger partial charge in [0.2, 0.25) is 0 Å². The smallest absolute Gasteiger partial charge is 0.257 e. The summed E-state index contributed by atoms with van der Waals surface area (Å²) in [5.41, 5.74) is 0.150. The van der Waals surface area contributed by atoms with Crippen molar-refractivity contribution in [3.05, 3.63) is 41.7 Å². The van der Waals surface area contributed by atoms with Crippen molar-refractivity contribution < 1.29 is 14.3 Å². The van der Waals surface area contributed by atoms with Crippen LogP contribution < -0.4 is 0 Å². The monoisotopic (exact) mass is 221 g/mol. The van der Waals surface area contributed by atoms with Crippen LogP contribution in [0.4, 0.5) is 4.39 Å². The Bertz CT molecular complexity index is 443. The SMILES string of the molecule is O=C(c1ccc(F)cc1O)N1CC=CCC1. The van der Waals surface area contributed by atoms with Crippen LogP contribution in [0, 0.1) is 5.82 Å². The number of benzene rings is 1. The average molecular weight is 221 g/mol. The number of phenols is 1. The first-order chi connectivity index (χ1) is 7.68. The van der Waals surface area contributed by atoms with Gasteiger partial charge in [0.15, 0.2) is 0 Å². The number of carbonyl (C=O) groups is 1. The van der Waals surface area contributed by atoms with E-state index in [1.807, 2.05) is 12.2 Å². The minimum Gasteiger partial charge on any atom is -0.507 e. The highest BCUT2D eigenvalue weighted by atomic mass is 19.1. The zero-order chi connectivity index (χ0) is 11.5. The fourth-order valence-corrected chi connectivity index (χ4v) is 1.68. The van der Waals surface area contributed by atoms with Crippen molar-refractivity contribution in [1.29, 1.82) is 0 Å². The molecule has 1 N–H and O–H groups in total. The topological polar surface area (TPSA) is 40.5 Å². The van der Waals surface area contributed by atoms with Gasteiger partial charge >= 0.3 is 0 Å². The van der Waals surface area contributed by atoms with E-state index in [0.717, 1.165) is 12.5 Å². The fraction of sp³-hybridized carbons (Fsp3) is 0.250. The highest BCUT2D eigenvalue weighted by Crippen LogP contribution is 2.20. The first-order valence-electron chi connectivity index (χ1n) is 5.11. The van der Waals surface area contributed by atoms with Gasteiger partial charge in [-0.25, -0.2) is 4.39 Å². The van der Waals surface area contributed by atoms with Gasteiger partial charge in [0.05, 0.1) is 5.56 Å². The van der Waals surface area contributed by atoms with Gasteiger partial charge in [-0.05, 0) is 18.6 Å². The molecule has 0 bridgehead atoms. The van der Waals surface area contributed by atoms with E-state index in [0.29, 0.717) is 13.1 Å². The molecule has 1 aromatic rings. The summed E-state index contributed by atoms with van der Waals surface area (Å²) in [5.74, 6) is -1.12. The number of hydrogen-bond donors (Lipinski definition) is 1. The number of nitrogens with zero attached hydrogens (tertiary/aromatic N) is 1. The van der Waals surface area contributed by atoms with Gasteiger partial charge in [0, 0.05) is 19.2 Å². The summed E-state index contributed by atoms with van der Waals surface area (Å²) in [6.07, 6.45) is 4.73. The maximum atomic E-state index is 12.8. The van der Waals surface area contributed by atoms with E-state index in [2.05, 4.69) is 0 Å². The summed E-state index contributed by atoms with van der Waals surface area (Å²) in [7, 11) is 0. The van der Waals surface area contributed by atoms with Crippen LogP contribution in [0.25, 0.3) is 0 Å². The maximum Gasteiger partial charge on any atom is 0.257 e. The van der Waals surface area contributed by atoms with Crippen molar-refractivity contribution in [2.45, 2.75) is 6.42 Å². The number of rotatable bonds is 1. The third-order valence-electron chi connectivity index (χ3n) is 2.54. The van der Waals surface area contributed by atoms with Gasteiger partial charge in [-0.1, -0.05) is 12.2 Å². The highest BCUT2D eigenvalue weighted by molar-refractivity contribution is 5.96. The first kappa shape index (κ1) is 10.7. The molecular formula is C12H12FNO2. The normalized spacial score (nSPS) is 15.2. The fourth-order valence-electron chi connectivity index (χ4n) is 1.68. The van der Waals surface area contributed by atoms with Gasteiger partial charge in [-0.3, -0.25) is 4.79 Å². The molecule has 0 atom stereocenters. The molecule has 3 nitrogen and oxygen atoms in total. The predicted octanol–water partition coefficient (Wildman–Crippen LogP) is 1.93. The van der Waals surface area contributed by atoms with Crippen molar-refractivity contribution in [2.75, 3.05) is 13.1 Å². The average Bonchev–Trinajstić information content (AvgIpc) is 2.29. The lowest BCUT2D eigenvalue weighted by Gasteiger charge is -2.23. The summed E-state index contributed by atoms with van der Waals surface area (Å²) in [6.45, 7) is 1.17. The number of phenolic OH excluding ortho intramolecular Hbond substituents is 1. The Kier molecular flexibility index (Phi) is 2.90. The van der Waals surface area contributed by atoms with Crippen LogP contribution in [0.1, 0.15) is 16.8 Å². The molecule has 4 heteroatoms. The van der Waals surface area contributed by atoms with Crippen LogP contribution in [0.2, 0.25) is 0 Å². The summed E-state index contributed by atoms with van der Waals surface area (Å²) in [5, 5.41) is 9.49. The molecule has 0 radical (unpaired) electrons. The van der Waals surface area contributed by atoms with Gasteiger partial charge in [0.25, 0.3) is 5.91 Å². The Morgan fingerprint density at radius 1 is 1.38 bits per heavy atom. The van der Waals surface area contributed by atoms with Crippen LogP contribution in [-0.4, -0.2) is 29.0 Å². The van der Waals surface area contributed by atoms with Crippen molar-refractivity contribution in [2.24, 2.45) is 0 Å². The number of halogens is 1. The van der Waals surface area contributed by atoms with Crippen LogP contribution in [0.5, 0.6) is 5.75 Å². The minimum atomic E-state index is -0.549. The Balaban J connectivity index is 2.23. The number of hydrogen-bond acceptors (Lipinski definition) is 2. The molecule has 0 saturated heterocycles. The lowest BCUT2D eigenvalue weighted by Crippen LogP contribution is -2.33. The van der Waals surface area contributed by atoms with Gasteiger partial charge in [-0.15, -0.1) is 0 Å². The zero-order valence-corrected chi connectivity index (χ0v) is 8.69. The van der Waals surface area contributed by atoms with E-state index < -0.39 is 5.82 Å². The van der Waals surface area contributed by atoms with Gasteiger partial charge in [-0.2, -0.15) is 0 Å². The Morgan fingerprint density at radius 3 is 2.81 bits per heavy atom. The van der Waals surface area contributed by atoms with E-state index in [1.165, 1.54) is 12.1 Å². The number of amides is 1. The maximum absolute atomic E-state index is 12.8. The molecule has 0 aromatic heterocycles. The zero-order valence-electron chi connectivity index (χ0n) is 8.69. The second-order valence-corrected chi connectivity index (χ2v) is 3.67. The molecule has 84 valence electrons. The van der Waals surface area contributed by atoms with Crippen molar-refractivity contribution in [1.82, 2.24) is 4.90 Å². The molecule has 1 amide bonds. The largest absolute Gasteiger partial charge is 0.507 e. The molecule has 1 aliphatic rings. The second-order valence-electron chi connectivity index (χ2n) is 3.67. The molecule has 1 aliphatic heterocycles. The molecule has 2 rings (SSSR count). The van der Waals surface area contributed by atoms with E-state index in [9.17, 15) is 14.3 Å². The van der Waals surface area contributed by atoms with E-state index in [4.69, 9.17) is 0 Å². The Labute approximate surface area is 92.8 Å². The van der Waals surface area contributed by atoms with Crippen molar-refractivity contribution >= 4 is 5.91 Å². The molecular weight excluding hydrogens is 209 g/mol. The quantitative estimate of drug-likeness (QED) is 0.736. The molecule has 16 heavy (non-hydrogen) atoms. The number of aromatic hydroxyl groups is 1. The molecule has 1 aromatic carbocycles. The van der Waals surface area contributed by atoms with E-state index in [-0.39, 0.29) is 17.2 Å². The Hall–Kier alpha value is -1.84. The standard InChI is InChI=1S/C12H12FNO2/c13-9-4-5-10(11(15)8-9)12(16)14-6-2-1-3-7-14/h1-2,4-5,8,15H,3,6-7H2. The summed E-state index contributed by atoms with van der Waals surface area (Å²) >= 11 is 0. The first-order valence-corrected chi connectivity index (χ1v) is 5.11. The van der Waals surface area contributed by atoms with Crippen molar-refractivity contribution in [3.63, 3.8) is 0 Å². The molecule has 0 spiro atoms. The van der Waals surface area contributed by atoms with Crippen LogP contribution in [-0.2, 0) is 0 Å². The lowest BCUT2D eigenvalue weighted by molar-refractivity contribution is 0.0768. The highest BCUT2D eigenvalue weighted by Gasteiger charge is 2.19. The molecule has 0 fully saturated rings. The third-order valence-corrected chi connectivity index (χ3v) is 2.54. The van der Waals surface area contributed by atoms with Gasteiger partial charge in [0.1, 0.15) is 11.6 Å². The minimum absolute atomic E-state index is 0.150. The van der Waals surface area contributed by atoms with Crippen LogP contribution in [0.3, 0.4) is 0 Å². The summed E-state index contributed by atoms with van der Waals surface area (Å²) in [4.78, 5) is 13.6. The number of carbonyl (C=O) groups excluding carboxylic acids is 1. The predicted molar refractivity (Wildman–Crippen MR) is 57.7 cm³/mol. The Morgan fingerprint density at radius 2 is 2.19 bits per heavy atom. The van der Waals surface area contributed by atoms with Gasteiger partial charge < -0.3 is 10.0 Å². The van der Waals surface area contributed by atoms with E-state index >= 15 is 0 Å². The molecule has 0 unspecified atom stereocenters. The van der Waals surface area contributed by atoms with Crippen LogP contribution in [0.15, 0.2) is 30.4 Å².